The van der Waals surface area contributed by atoms with E-state index in [9.17, 15) is 24.6 Å². The lowest BCUT2D eigenvalue weighted by molar-refractivity contribution is -0.155. The van der Waals surface area contributed by atoms with Gasteiger partial charge in [-0.2, -0.15) is 0 Å². The van der Waals surface area contributed by atoms with Crippen molar-refractivity contribution in [2.75, 3.05) is 6.54 Å². The molecule has 0 bridgehead atoms. The Labute approximate surface area is 181 Å². The molecule has 2 aromatic carbocycles. The highest BCUT2D eigenvalue weighted by Gasteiger charge is 2.62. The number of phenolic OH excluding ortho intramolecular Hbond substituents is 1. The van der Waals surface area contributed by atoms with Gasteiger partial charge in [-0.25, -0.2) is 4.79 Å². The van der Waals surface area contributed by atoms with Gasteiger partial charge in [0.2, 0.25) is 5.91 Å². The van der Waals surface area contributed by atoms with Crippen LogP contribution in [0.3, 0.4) is 0 Å². The van der Waals surface area contributed by atoms with Gasteiger partial charge in [0.05, 0.1) is 5.54 Å². The summed E-state index contributed by atoms with van der Waals surface area (Å²) in [4.78, 5) is 40.3. The maximum absolute atomic E-state index is 13.2. The summed E-state index contributed by atoms with van der Waals surface area (Å²) in [6, 6.07) is 14.7. The zero-order valence-corrected chi connectivity index (χ0v) is 17.8. The fraction of sp³-hybridized carbons (Fsp3) is 0.375. The summed E-state index contributed by atoms with van der Waals surface area (Å²) in [5.74, 6) is -1.86. The predicted molar refractivity (Wildman–Crippen MR) is 116 cm³/mol. The highest BCUT2D eigenvalue weighted by molar-refractivity contribution is 5.99. The van der Waals surface area contributed by atoms with Crippen molar-refractivity contribution >= 4 is 17.8 Å². The van der Waals surface area contributed by atoms with Gasteiger partial charge in [0.15, 0.2) is 5.54 Å². The van der Waals surface area contributed by atoms with E-state index in [1.54, 1.807) is 47.4 Å². The Morgan fingerprint density at radius 3 is 2.29 bits per heavy atom. The van der Waals surface area contributed by atoms with Gasteiger partial charge in [-0.15, -0.1) is 0 Å². The number of hydrogen-bond donors (Lipinski definition) is 3. The third-order valence-corrected chi connectivity index (χ3v) is 6.38. The first-order valence-corrected chi connectivity index (χ1v) is 10.4. The van der Waals surface area contributed by atoms with Crippen LogP contribution < -0.4 is 5.32 Å². The van der Waals surface area contributed by atoms with Gasteiger partial charge < -0.3 is 20.4 Å². The number of nitrogens with one attached hydrogen (secondary N) is 1. The molecule has 0 spiro atoms. The second-order valence-electron chi connectivity index (χ2n) is 8.03. The molecule has 7 heteroatoms. The number of carbonyl (C=O) groups excluding carboxylic acids is 2. The first-order valence-electron chi connectivity index (χ1n) is 10.4. The van der Waals surface area contributed by atoms with E-state index in [-0.39, 0.29) is 18.1 Å². The van der Waals surface area contributed by atoms with E-state index < -0.39 is 23.0 Å². The van der Waals surface area contributed by atoms with Crippen molar-refractivity contribution < 1.29 is 24.6 Å². The van der Waals surface area contributed by atoms with Crippen LogP contribution in [0.4, 0.5) is 0 Å². The fourth-order valence-corrected chi connectivity index (χ4v) is 4.88. The van der Waals surface area contributed by atoms with Crippen LogP contribution in [-0.2, 0) is 16.0 Å². The Morgan fingerprint density at radius 2 is 1.74 bits per heavy atom. The van der Waals surface area contributed by atoms with E-state index >= 15 is 0 Å². The Balaban J connectivity index is 2.16. The number of carboxylic acid groups (broad SMARTS) is 1. The van der Waals surface area contributed by atoms with Crippen molar-refractivity contribution in [3.05, 3.63) is 65.7 Å². The lowest BCUT2D eigenvalue weighted by atomic mass is 9.69. The maximum atomic E-state index is 13.2. The lowest BCUT2D eigenvalue weighted by Crippen LogP contribution is -2.74. The smallest absolute Gasteiger partial charge is 0.332 e. The van der Waals surface area contributed by atoms with Gasteiger partial charge >= 0.3 is 5.97 Å². The Hall–Kier alpha value is -3.35. The molecule has 3 rings (SSSR count). The molecule has 1 saturated heterocycles. The van der Waals surface area contributed by atoms with Gasteiger partial charge in [0, 0.05) is 25.5 Å². The summed E-state index contributed by atoms with van der Waals surface area (Å²) in [6.07, 6.45) is 1.45. The quantitative estimate of drug-likeness (QED) is 0.633. The minimum atomic E-state index is -1.76. The number of carboxylic acids is 1. The van der Waals surface area contributed by atoms with E-state index in [1.807, 2.05) is 6.92 Å². The lowest BCUT2D eigenvalue weighted by Gasteiger charge is -2.50. The summed E-state index contributed by atoms with van der Waals surface area (Å²) in [5.41, 5.74) is -1.87. The molecule has 2 atom stereocenters. The van der Waals surface area contributed by atoms with Crippen molar-refractivity contribution in [3.63, 3.8) is 0 Å². The molecule has 0 aromatic heterocycles. The molecule has 7 nitrogen and oxygen atoms in total. The number of rotatable bonds is 7. The second kappa shape index (κ2) is 8.79. The summed E-state index contributed by atoms with van der Waals surface area (Å²) in [7, 11) is 0. The number of nitrogens with zero attached hydrogens (tertiary/aromatic N) is 1. The summed E-state index contributed by atoms with van der Waals surface area (Å²) in [6.45, 7) is 3.72. The second-order valence-corrected chi connectivity index (χ2v) is 8.03. The molecule has 1 fully saturated rings. The van der Waals surface area contributed by atoms with Crippen molar-refractivity contribution in [1.29, 1.82) is 0 Å². The van der Waals surface area contributed by atoms with Crippen LogP contribution in [0.15, 0.2) is 54.6 Å². The van der Waals surface area contributed by atoms with Crippen molar-refractivity contribution in [2.24, 2.45) is 0 Å². The van der Waals surface area contributed by atoms with Gasteiger partial charge in [-0.05, 0) is 49.1 Å². The van der Waals surface area contributed by atoms with E-state index in [4.69, 9.17) is 0 Å². The minimum Gasteiger partial charge on any atom is -0.508 e. The Morgan fingerprint density at radius 1 is 1.10 bits per heavy atom. The standard InChI is InChI=1S/C24H28N2O5/c1-3-23(14-7-15-26(23)17(2)27)24(22(30)31,16-18-10-12-20(28)13-11-18)25-21(29)19-8-5-4-6-9-19/h4-6,8-13,28H,3,7,14-16H2,1-2H3,(H,25,29)(H,30,31)/t23-,24+/m0/s1. The summed E-state index contributed by atoms with van der Waals surface area (Å²) in [5, 5.41) is 23.1. The van der Waals surface area contributed by atoms with Gasteiger partial charge in [-0.3, -0.25) is 9.59 Å². The van der Waals surface area contributed by atoms with Crippen LogP contribution in [0.5, 0.6) is 5.75 Å². The van der Waals surface area contributed by atoms with E-state index in [2.05, 4.69) is 5.32 Å². The number of likely N-dealkylation sites (tertiary alicyclic amines) is 1. The first-order chi connectivity index (χ1) is 14.8. The average Bonchev–Trinajstić information content (AvgIpc) is 3.21. The van der Waals surface area contributed by atoms with E-state index in [0.717, 1.165) is 0 Å². The van der Waals surface area contributed by atoms with E-state index in [1.165, 1.54) is 19.1 Å². The monoisotopic (exact) mass is 424 g/mol. The molecule has 2 amide bonds. The molecule has 0 saturated carbocycles. The topological polar surface area (TPSA) is 107 Å². The number of hydrogen-bond acceptors (Lipinski definition) is 4. The van der Waals surface area contributed by atoms with Crippen molar-refractivity contribution in [3.8, 4) is 5.75 Å². The van der Waals surface area contributed by atoms with Crippen LogP contribution >= 0.6 is 0 Å². The van der Waals surface area contributed by atoms with Crippen LogP contribution in [0.1, 0.15) is 49.0 Å². The first kappa shape index (κ1) is 22.3. The number of phenols is 1. The SMILES string of the molecule is CC[C@@]1([C@](Cc2ccc(O)cc2)(NC(=O)c2ccccc2)C(=O)O)CCCN1C(C)=O. The molecule has 164 valence electrons. The third-order valence-electron chi connectivity index (χ3n) is 6.38. The van der Waals surface area contributed by atoms with Crippen LogP contribution in [0.25, 0.3) is 0 Å². The predicted octanol–water partition coefficient (Wildman–Crippen LogP) is 2.98. The number of aromatic hydroxyl groups is 1. The average molecular weight is 424 g/mol. The number of aliphatic carboxylic acids is 1. The molecule has 3 N–H and O–H groups in total. The van der Waals surface area contributed by atoms with Crippen LogP contribution in [0, 0.1) is 0 Å². The molecule has 2 aromatic rings. The molecule has 0 radical (unpaired) electrons. The van der Waals surface area contributed by atoms with Crippen molar-refractivity contribution in [2.45, 2.75) is 50.6 Å². The number of amides is 2. The van der Waals surface area contributed by atoms with Crippen molar-refractivity contribution in [1.82, 2.24) is 10.2 Å². The Bertz CT molecular complexity index is 960. The van der Waals surface area contributed by atoms with Gasteiger partial charge in [0.1, 0.15) is 5.75 Å². The molecule has 0 aliphatic carbocycles. The van der Waals surface area contributed by atoms with E-state index in [0.29, 0.717) is 36.9 Å². The molecule has 1 aliphatic heterocycles. The fourth-order valence-electron chi connectivity index (χ4n) is 4.88. The number of benzene rings is 2. The molecule has 1 heterocycles. The van der Waals surface area contributed by atoms with Crippen LogP contribution in [-0.4, -0.2) is 50.5 Å². The highest BCUT2D eigenvalue weighted by atomic mass is 16.4. The largest absolute Gasteiger partial charge is 0.508 e. The van der Waals surface area contributed by atoms with Gasteiger partial charge in [-0.1, -0.05) is 37.3 Å². The molecule has 1 aliphatic rings. The van der Waals surface area contributed by atoms with Gasteiger partial charge in [0.25, 0.3) is 5.91 Å². The molecule has 0 unspecified atom stereocenters. The zero-order chi connectivity index (χ0) is 22.6. The minimum absolute atomic E-state index is 0.0290. The maximum Gasteiger partial charge on any atom is 0.332 e. The zero-order valence-electron chi connectivity index (χ0n) is 17.8. The summed E-state index contributed by atoms with van der Waals surface area (Å²) < 4.78 is 0. The molecular weight excluding hydrogens is 396 g/mol. The highest BCUT2D eigenvalue weighted by Crippen LogP contribution is 2.44. The Kier molecular flexibility index (Phi) is 6.34. The third kappa shape index (κ3) is 4.00. The van der Waals surface area contributed by atoms with Crippen LogP contribution in [0.2, 0.25) is 0 Å². The molecule has 31 heavy (non-hydrogen) atoms. The normalized spacial score (nSPS) is 20.1. The number of carbonyl (C=O) groups is 3. The molecular formula is C24H28N2O5. The summed E-state index contributed by atoms with van der Waals surface area (Å²) >= 11 is 0.